The second kappa shape index (κ2) is 7.52. The molecule has 0 aromatic heterocycles. The predicted octanol–water partition coefficient (Wildman–Crippen LogP) is 2.04. The number of sulfone groups is 1. The predicted molar refractivity (Wildman–Crippen MR) is 90.0 cm³/mol. The Morgan fingerprint density at radius 1 is 1.35 bits per heavy atom. The Morgan fingerprint density at radius 2 is 1.92 bits per heavy atom. The molecule has 0 radical (unpaired) electrons. The first-order valence-corrected chi connectivity index (χ1v) is 9.39. The van der Waals surface area contributed by atoms with Gasteiger partial charge in [0.05, 0.1) is 9.82 Å². The van der Waals surface area contributed by atoms with Gasteiger partial charge in [0.15, 0.2) is 0 Å². The van der Waals surface area contributed by atoms with Gasteiger partial charge in [0.1, 0.15) is 5.69 Å². The van der Waals surface area contributed by atoms with Gasteiger partial charge in [-0.2, -0.15) is 8.78 Å². The minimum atomic E-state index is -4.91. The van der Waals surface area contributed by atoms with E-state index < -0.39 is 31.1 Å². The number of anilines is 1. The lowest BCUT2D eigenvalue weighted by Crippen LogP contribution is -2.45. The van der Waals surface area contributed by atoms with Crippen LogP contribution in [0, 0.1) is 10.1 Å². The zero-order chi connectivity index (χ0) is 19.6. The quantitative estimate of drug-likeness (QED) is 0.562. The van der Waals surface area contributed by atoms with Crippen molar-refractivity contribution in [1.29, 1.82) is 0 Å². The Kier molecular flexibility index (Phi) is 5.79. The van der Waals surface area contributed by atoms with Gasteiger partial charge in [0, 0.05) is 39.2 Å². The van der Waals surface area contributed by atoms with Crippen LogP contribution in [0.2, 0.25) is 0 Å². The summed E-state index contributed by atoms with van der Waals surface area (Å²) in [5.74, 6) is -3.72. The van der Waals surface area contributed by atoms with Crippen LogP contribution in [0.15, 0.2) is 23.1 Å². The Labute approximate surface area is 149 Å². The molecule has 0 saturated carbocycles. The molecule has 1 aliphatic rings. The molecule has 26 heavy (non-hydrogen) atoms. The number of nitro benzene ring substituents is 1. The highest BCUT2D eigenvalue weighted by Crippen LogP contribution is 2.34. The largest absolute Gasteiger partial charge is 0.366 e. The number of carbonyl (C=O) groups excluding carboxylic acids is 1. The highest BCUT2D eigenvalue weighted by atomic mass is 32.2. The molecular formula is C15H19F2N3O5S. The van der Waals surface area contributed by atoms with Crippen LogP contribution >= 0.6 is 0 Å². The van der Waals surface area contributed by atoms with Gasteiger partial charge in [-0.25, -0.2) is 8.42 Å². The first-order chi connectivity index (χ1) is 12.1. The van der Waals surface area contributed by atoms with Crippen LogP contribution < -0.4 is 4.90 Å². The van der Waals surface area contributed by atoms with Gasteiger partial charge in [-0.1, -0.05) is 0 Å². The second-order valence-electron chi connectivity index (χ2n) is 6.06. The summed E-state index contributed by atoms with van der Waals surface area (Å²) in [4.78, 5) is 24.5. The SMILES string of the molecule is CC(=O)N(C)C1CCN(c2ccc(S(=O)(=O)C(F)F)cc2[N+](=O)[O-])CC1. The summed E-state index contributed by atoms with van der Waals surface area (Å²) in [6, 6.07) is 2.83. The molecule has 11 heteroatoms. The van der Waals surface area contributed by atoms with Crippen molar-refractivity contribution in [3.8, 4) is 0 Å². The van der Waals surface area contributed by atoms with Crippen molar-refractivity contribution in [3.63, 3.8) is 0 Å². The van der Waals surface area contributed by atoms with Crippen molar-refractivity contribution < 1.29 is 26.9 Å². The summed E-state index contributed by atoms with van der Waals surface area (Å²) >= 11 is 0. The molecule has 1 aromatic rings. The number of hydrogen-bond donors (Lipinski definition) is 0. The van der Waals surface area contributed by atoms with Gasteiger partial charge in [0.25, 0.3) is 5.69 Å². The van der Waals surface area contributed by atoms with Gasteiger partial charge in [-0.3, -0.25) is 14.9 Å². The molecule has 1 aliphatic heterocycles. The van der Waals surface area contributed by atoms with E-state index in [0.29, 0.717) is 32.0 Å². The van der Waals surface area contributed by atoms with Gasteiger partial charge in [-0.15, -0.1) is 0 Å². The molecule has 0 unspecified atom stereocenters. The average molecular weight is 391 g/mol. The summed E-state index contributed by atoms with van der Waals surface area (Å²) in [5.41, 5.74) is -0.364. The fraction of sp³-hybridized carbons (Fsp3) is 0.533. The van der Waals surface area contributed by atoms with E-state index in [9.17, 15) is 32.1 Å². The van der Waals surface area contributed by atoms with Crippen molar-refractivity contribution in [2.24, 2.45) is 0 Å². The first kappa shape index (κ1) is 20.0. The van der Waals surface area contributed by atoms with E-state index in [-0.39, 0.29) is 17.6 Å². The summed E-state index contributed by atoms with van der Waals surface area (Å²) in [5, 5.41) is 11.3. The average Bonchev–Trinajstić information content (AvgIpc) is 2.60. The molecule has 2 rings (SSSR count). The van der Waals surface area contributed by atoms with Gasteiger partial charge in [-0.05, 0) is 25.0 Å². The van der Waals surface area contributed by atoms with Crippen LogP contribution in [-0.2, 0) is 14.6 Å². The summed E-state index contributed by atoms with van der Waals surface area (Å²) < 4.78 is 48.4. The van der Waals surface area contributed by atoms with Crippen molar-refractivity contribution >= 4 is 27.1 Å². The highest BCUT2D eigenvalue weighted by molar-refractivity contribution is 7.91. The Hall–Kier alpha value is -2.30. The molecule has 1 fully saturated rings. The number of nitrogens with zero attached hydrogens (tertiary/aromatic N) is 3. The van der Waals surface area contributed by atoms with E-state index in [2.05, 4.69) is 0 Å². The lowest BCUT2D eigenvalue weighted by Gasteiger charge is -2.37. The minimum absolute atomic E-state index is 0.0151. The number of piperidine rings is 1. The third-order valence-electron chi connectivity index (χ3n) is 4.56. The van der Waals surface area contributed by atoms with Gasteiger partial charge in [0.2, 0.25) is 15.7 Å². The lowest BCUT2D eigenvalue weighted by molar-refractivity contribution is -0.384. The molecule has 1 aromatic carbocycles. The monoisotopic (exact) mass is 391 g/mol. The summed E-state index contributed by atoms with van der Waals surface area (Å²) in [6.07, 6.45) is 1.18. The minimum Gasteiger partial charge on any atom is -0.366 e. The van der Waals surface area contributed by atoms with E-state index in [1.54, 1.807) is 16.8 Å². The zero-order valence-electron chi connectivity index (χ0n) is 14.3. The third kappa shape index (κ3) is 3.92. The highest BCUT2D eigenvalue weighted by Gasteiger charge is 2.32. The molecule has 8 nitrogen and oxygen atoms in total. The standard InChI is InChI=1S/C15H19F2N3O5S/c1-10(21)18(2)11-5-7-19(8-6-11)13-4-3-12(9-14(13)20(22)23)26(24,25)15(16)17/h3-4,9,11,15H,5-8H2,1-2H3. The summed E-state index contributed by atoms with van der Waals surface area (Å²) in [7, 11) is -3.22. The van der Waals surface area contributed by atoms with Crippen LogP contribution in [-0.4, -0.2) is 56.1 Å². The number of nitro groups is 1. The van der Waals surface area contributed by atoms with Crippen molar-refractivity contribution in [1.82, 2.24) is 4.90 Å². The smallest absolute Gasteiger partial charge is 0.341 e. The second-order valence-corrected chi connectivity index (χ2v) is 7.98. The number of alkyl halides is 2. The van der Waals surface area contributed by atoms with Crippen molar-refractivity contribution in [2.45, 2.75) is 36.5 Å². The molecular weight excluding hydrogens is 372 g/mol. The molecule has 1 heterocycles. The number of benzene rings is 1. The van der Waals surface area contributed by atoms with E-state index in [0.717, 1.165) is 6.07 Å². The zero-order valence-corrected chi connectivity index (χ0v) is 15.1. The number of rotatable bonds is 5. The van der Waals surface area contributed by atoms with Gasteiger partial charge >= 0.3 is 5.76 Å². The summed E-state index contributed by atoms with van der Waals surface area (Å²) in [6.45, 7) is 2.30. The Balaban J connectivity index is 2.28. The van der Waals surface area contributed by atoms with Gasteiger partial charge < -0.3 is 9.80 Å². The van der Waals surface area contributed by atoms with Crippen LogP contribution in [0.25, 0.3) is 0 Å². The van der Waals surface area contributed by atoms with Crippen molar-refractivity contribution in [3.05, 3.63) is 28.3 Å². The molecule has 1 saturated heterocycles. The maximum absolute atomic E-state index is 12.7. The maximum Gasteiger partial charge on any atom is 0.341 e. The molecule has 1 amide bonds. The van der Waals surface area contributed by atoms with E-state index in [1.165, 1.54) is 13.0 Å². The Bertz CT molecular complexity index is 807. The molecule has 0 aliphatic carbocycles. The molecule has 0 bridgehead atoms. The number of hydrogen-bond acceptors (Lipinski definition) is 6. The maximum atomic E-state index is 12.7. The number of amides is 1. The molecule has 0 N–H and O–H groups in total. The van der Waals surface area contributed by atoms with Crippen molar-refractivity contribution in [2.75, 3.05) is 25.0 Å². The Morgan fingerprint density at radius 3 is 2.38 bits per heavy atom. The fourth-order valence-electron chi connectivity index (χ4n) is 2.95. The van der Waals surface area contributed by atoms with E-state index >= 15 is 0 Å². The normalized spacial score (nSPS) is 16.0. The van der Waals surface area contributed by atoms with Crippen LogP contribution in [0.5, 0.6) is 0 Å². The molecule has 144 valence electrons. The number of halogens is 2. The van der Waals surface area contributed by atoms with E-state index in [1.807, 2.05) is 0 Å². The lowest BCUT2D eigenvalue weighted by atomic mass is 10.0. The topological polar surface area (TPSA) is 101 Å². The van der Waals surface area contributed by atoms with Crippen LogP contribution in [0.4, 0.5) is 20.2 Å². The third-order valence-corrected chi connectivity index (χ3v) is 5.94. The number of carbonyl (C=O) groups is 1. The molecule has 0 atom stereocenters. The van der Waals surface area contributed by atoms with Crippen LogP contribution in [0.1, 0.15) is 19.8 Å². The van der Waals surface area contributed by atoms with E-state index in [4.69, 9.17) is 0 Å². The molecule has 0 spiro atoms. The first-order valence-electron chi connectivity index (χ1n) is 7.84. The van der Waals surface area contributed by atoms with Crippen LogP contribution in [0.3, 0.4) is 0 Å². The fourth-order valence-corrected chi connectivity index (χ4v) is 3.69.